The lowest BCUT2D eigenvalue weighted by atomic mass is 10.1. The highest BCUT2D eigenvalue weighted by Gasteiger charge is 2.22. The Kier molecular flexibility index (Phi) is 6.27. The van der Waals surface area contributed by atoms with Gasteiger partial charge in [0.1, 0.15) is 5.82 Å². The maximum atomic E-state index is 13.3. The molecule has 0 saturated carbocycles. The lowest BCUT2D eigenvalue weighted by molar-refractivity contribution is 0.0304. The van der Waals surface area contributed by atoms with Crippen molar-refractivity contribution in [3.05, 3.63) is 88.7 Å². The number of nitrogens with one attached hydrogen (secondary N) is 1. The van der Waals surface area contributed by atoms with E-state index in [0.29, 0.717) is 44.2 Å². The number of carbonyl (C=O) groups excluding carboxylic acids is 1. The second-order valence-electron chi connectivity index (χ2n) is 8.62. The molecule has 0 bridgehead atoms. The van der Waals surface area contributed by atoms with Crippen molar-refractivity contribution in [1.82, 2.24) is 19.7 Å². The highest BCUT2D eigenvalue weighted by atomic mass is 16.5. The van der Waals surface area contributed by atoms with E-state index in [4.69, 9.17) is 14.8 Å². The first-order valence-corrected chi connectivity index (χ1v) is 11.7. The maximum absolute atomic E-state index is 13.3. The molecule has 1 amide bonds. The van der Waals surface area contributed by atoms with Gasteiger partial charge in [0, 0.05) is 36.3 Å². The molecule has 2 aromatic heterocycles. The molecule has 1 fully saturated rings. The van der Waals surface area contributed by atoms with Gasteiger partial charge in [-0.05, 0) is 31.5 Å². The van der Waals surface area contributed by atoms with Crippen LogP contribution in [0.25, 0.3) is 10.9 Å². The summed E-state index contributed by atoms with van der Waals surface area (Å²) in [4.78, 5) is 20.0. The monoisotopic (exact) mass is 455 g/mol. The van der Waals surface area contributed by atoms with Gasteiger partial charge in [0.25, 0.3) is 5.91 Å². The van der Waals surface area contributed by atoms with Crippen LogP contribution in [0.1, 0.15) is 32.9 Å². The summed E-state index contributed by atoms with van der Waals surface area (Å²) in [5.74, 6) is 0.706. The molecule has 2 aromatic carbocycles. The van der Waals surface area contributed by atoms with Crippen molar-refractivity contribution in [2.45, 2.75) is 26.9 Å². The Balaban J connectivity index is 1.40. The van der Waals surface area contributed by atoms with E-state index in [1.807, 2.05) is 65.0 Å². The van der Waals surface area contributed by atoms with Gasteiger partial charge in [0.15, 0.2) is 0 Å². The number of hydrogen-bond donors (Lipinski definition) is 1. The SMILES string of the molecule is Cc1nn(Cc2ccccc2)c(C)c1CNc1cc(C(=O)N2CCOCC2)c2ccccc2n1. The van der Waals surface area contributed by atoms with Crippen LogP contribution in [0, 0.1) is 13.8 Å². The van der Waals surface area contributed by atoms with Crippen molar-refractivity contribution in [1.29, 1.82) is 0 Å². The molecule has 1 aliphatic heterocycles. The van der Waals surface area contributed by atoms with Crippen molar-refractivity contribution in [3.8, 4) is 0 Å². The quantitative estimate of drug-likeness (QED) is 0.472. The third kappa shape index (κ3) is 4.52. The lowest BCUT2D eigenvalue weighted by Gasteiger charge is -2.27. The Morgan fingerprint density at radius 3 is 2.56 bits per heavy atom. The van der Waals surface area contributed by atoms with E-state index < -0.39 is 0 Å². The molecular weight excluding hydrogens is 426 g/mol. The summed E-state index contributed by atoms with van der Waals surface area (Å²) < 4.78 is 7.46. The Hall–Kier alpha value is -3.71. The number of fused-ring (bicyclic) bond motifs is 1. The number of hydrogen-bond acceptors (Lipinski definition) is 5. The second kappa shape index (κ2) is 9.65. The van der Waals surface area contributed by atoms with E-state index in [2.05, 4.69) is 24.4 Å². The molecule has 1 saturated heterocycles. The second-order valence-corrected chi connectivity index (χ2v) is 8.62. The van der Waals surface area contributed by atoms with Gasteiger partial charge in [-0.2, -0.15) is 5.10 Å². The number of aryl methyl sites for hydroxylation is 1. The molecule has 3 heterocycles. The highest BCUT2D eigenvalue weighted by Crippen LogP contribution is 2.24. The molecular formula is C27H29N5O2. The van der Waals surface area contributed by atoms with Crippen molar-refractivity contribution in [3.63, 3.8) is 0 Å². The van der Waals surface area contributed by atoms with Crippen molar-refractivity contribution in [2.75, 3.05) is 31.6 Å². The van der Waals surface area contributed by atoms with Crippen LogP contribution in [0.3, 0.4) is 0 Å². The first kappa shape index (κ1) is 22.1. The summed E-state index contributed by atoms with van der Waals surface area (Å²) in [6.45, 7) is 7.82. The average molecular weight is 456 g/mol. The fourth-order valence-corrected chi connectivity index (χ4v) is 4.46. The third-order valence-corrected chi connectivity index (χ3v) is 6.40. The predicted molar refractivity (Wildman–Crippen MR) is 133 cm³/mol. The van der Waals surface area contributed by atoms with Crippen LogP contribution in [0.4, 0.5) is 5.82 Å². The molecule has 7 nitrogen and oxygen atoms in total. The molecule has 1 N–H and O–H groups in total. The number of carbonyl (C=O) groups is 1. The van der Waals surface area contributed by atoms with Gasteiger partial charge >= 0.3 is 0 Å². The van der Waals surface area contributed by atoms with E-state index in [1.54, 1.807) is 0 Å². The average Bonchev–Trinajstić information content (AvgIpc) is 3.14. The van der Waals surface area contributed by atoms with Gasteiger partial charge in [-0.15, -0.1) is 0 Å². The molecule has 34 heavy (non-hydrogen) atoms. The Morgan fingerprint density at radius 1 is 1.03 bits per heavy atom. The zero-order valence-corrected chi connectivity index (χ0v) is 19.6. The fourth-order valence-electron chi connectivity index (χ4n) is 4.46. The highest BCUT2D eigenvalue weighted by molar-refractivity contribution is 6.07. The van der Waals surface area contributed by atoms with Crippen LogP contribution in [-0.2, 0) is 17.8 Å². The van der Waals surface area contributed by atoms with Gasteiger partial charge in [-0.1, -0.05) is 48.5 Å². The van der Waals surface area contributed by atoms with Crippen molar-refractivity contribution < 1.29 is 9.53 Å². The van der Waals surface area contributed by atoms with Crippen LogP contribution >= 0.6 is 0 Å². The Labute approximate surface area is 199 Å². The Bertz CT molecular complexity index is 1310. The Morgan fingerprint density at radius 2 is 1.76 bits per heavy atom. The smallest absolute Gasteiger partial charge is 0.254 e. The number of rotatable bonds is 6. The van der Waals surface area contributed by atoms with Gasteiger partial charge in [0.05, 0.1) is 36.5 Å². The van der Waals surface area contributed by atoms with Crippen molar-refractivity contribution in [2.24, 2.45) is 0 Å². The predicted octanol–water partition coefficient (Wildman–Crippen LogP) is 4.18. The first-order valence-electron chi connectivity index (χ1n) is 11.7. The number of anilines is 1. The van der Waals surface area contributed by atoms with Gasteiger partial charge in [-0.25, -0.2) is 4.98 Å². The molecule has 0 unspecified atom stereocenters. The summed E-state index contributed by atoms with van der Waals surface area (Å²) in [7, 11) is 0. The molecule has 0 aliphatic carbocycles. The summed E-state index contributed by atoms with van der Waals surface area (Å²) >= 11 is 0. The van der Waals surface area contributed by atoms with Crippen LogP contribution < -0.4 is 5.32 Å². The van der Waals surface area contributed by atoms with Crippen LogP contribution in [0.5, 0.6) is 0 Å². The molecule has 0 atom stereocenters. The maximum Gasteiger partial charge on any atom is 0.254 e. The number of ether oxygens (including phenoxy) is 1. The first-order chi connectivity index (χ1) is 16.6. The largest absolute Gasteiger partial charge is 0.378 e. The molecule has 4 aromatic rings. The number of pyridine rings is 1. The van der Waals surface area contributed by atoms with Crippen molar-refractivity contribution >= 4 is 22.6 Å². The van der Waals surface area contributed by atoms with E-state index in [9.17, 15) is 4.79 Å². The summed E-state index contributed by atoms with van der Waals surface area (Å²) in [6.07, 6.45) is 0. The van der Waals surface area contributed by atoms with E-state index in [1.165, 1.54) is 5.56 Å². The van der Waals surface area contributed by atoms with Crippen LogP contribution in [0.2, 0.25) is 0 Å². The zero-order valence-electron chi connectivity index (χ0n) is 19.6. The van der Waals surface area contributed by atoms with E-state index in [0.717, 1.165) is 34.4 Å². The van der Waals surface area contributed by atoms with Crippen LogP contribution in [-0.4, -0.2) is 51.9 Å². The lowest BCUT2D eigenvalue weighted by Crippen LogP contribution is -2.40. The minimum atomic E-state index is 0.0213. The summed E-state index contributed by atoms with van der Waals surface area (Å²) in [5, 5.41) is 9.08. The van der Waals surface area contributed by atoms with Gasteiger partial charge in [0.2, 0.25) is 0 Å². The number of amides is 1. The molecule has 1 aliphatic rings. The van der Waals surface area contributed by atoms with E-state index >= 15 is 0 Å². The number of morpholine rings is 1. The minimum absolute atomic E-state index is 0.0213. The molecule has 0 spiro atoms. The number of para-hydroxylation sites is 1. The molecule has 7 heteroatoms. The normalized spacial score (nSPS) is 13.9. The zero-order chi connectivity index (χ0) is 23.5. The topological polar surface area (TPSA) is 72.3 Å². The number of nitrogens with zero attached hydrogens (tertiary/aromatic N) is 4. The van der Waals surface area contributed by atoms with Gasteiger partial charge in [-0.3, -0.25) is 9.48 Å². The number of aromatic nitrogens is 3. The molecule has 5 rings (SSSR count). The molecule has 0 radical (unpaired) electrons. The standard InChI is InChI=1S/C27H29N5O2/c1-19-24(20(2)32(30-19)18-21-8-4-3-5-9-21)17-28-26-16-23(22-10-6-7-11-25(22)29-26)27(33)31-12-14-34-15-13-31/h3-11,16H,12-15,17-18H2,1-2H3,(H,28,29). The fraction of sp³-hybridized carbons (Fsp3) is 0.296. The minimum Gasteiger partial charge on any atom is -0.378 e. The van der Waals surface area contributed by atoms with Crippen LogP contribution in [0.15, 0.2) is 60.7 Å². The van der Waals surface area contributed by atoms with Gasteiger partial charge < -0.3 is 15.0 Å². The van der Waals surface area contributed by atoms with E-state index in [-0.39, 0.29) is 5.91 Å². The number of benzene rings is 2. The summed E-state index contributed by atoms with van der Waals surface area (Å²) in [6, 6.07) is 20.0. The third-order valence-electron chi connectivity index (χ3n) is 6.40. The summed E-state index contributed by atoms with van der Waals surface area (Å²) in [5.41, 5.74) is 5.95. The molecule has 174 valence electrons.